The minimum atomic E-state index is -4.22. The highest BCUT2D eigenvalue weighted by Gasteiger charge is 2.33. The zero-order valence-corrected chi connectivity index (χ0v) is 25.5. The lowest BCUT2D eigenvalue weighted by molar-refractivity contribution is -0.139. The monoisotopic (exact) mass is 613 g/mol. The van der Waals surface area contributed by atoms with Crippen LogP contribution in [0.25, 0.3) is 0 Å². The molecule has 0 unspecified atom stereocenters. The van der Waals surface area contributed by atoms with Gasteiger partial charge in [-0.05, 0) is 79.9 Å². The summed E-state index contributed by atoms with van der Waals surface area (Å²) in [5, 5.41) is 3.38. The average Bonchev–Trinajstić information content (AvgIpc) is 3.51. The van der Waals surface area contributed by atoms with E-state index in [4.69, 9.17) is 21.1 Å². The van der Waals surface area contributed by atoms with Gasteiger partial charge in [0.05, 0.1) is 24.8 Å². The van der Waals surface area contributed by atoms with Gasteiger partial charge in [0.1, 0.15) is 24.1 Å². The predicted octanol–water partition coefficient (Wildman–Crippen LogP) is 5.03. The van der Waals surface area contributed by atoms with Crippen LogP contribution in [0.1, 0.15) is 38.2 Å². The van der Waals surface area contributed by atoms with Crippen LogP contribution >= 0.6 is 11.6 Å². The van der Waals surface area contributed by atoms with E-state index in [1.807, 2.05) is 6.07 Å². The summed E-state index contributed by atoms with van der Waals surface area (Å²) in [6, 6.07) is 18.6. The number of benzene rings is 3. The van der Waals surface area contributed by atoms with E-state index in [0.29, 0.717) is 16.5 Å². The lowest BCUT2D eigenvalue weighted by Gasteiger charge is -2.32. The molecule has 1 aliphatic rings. The summed E-state index contributed by atoms with van der Waals surface area (Å²) >= 11 is 6.23. The molecule has 9 nitrogen and oxygen atoms in total. The van der Waals surface area contributed by atoms with Gasteiger partial charge in [-0.2, -0.15) is 0 Å². The molecule has 1 fully saturated rings. The lowest BCUT2D eigenvalue weighted by atomic mass is 10.1. The fourth-order valence-electron chi connectivity index (χ4n) is 4.98. The maximum absolute atomic E-state index is 14.1. The second-order valence-corrected chi connectivity index (χ2v) is 12.5. The molecular formula is C31H36ClN3O6S. The molecule has 11 heteroatoms. The van der Waals surface area contributed by atoms with Crippen LogP contribution in [0, 0.1) is 0 Å². The van der Waals surface area contributed by atoms with Gasteiger partial charge in [-0.3, -0.25) is 13.9 Å². The Kier molecular flexibility index (Phi) is 10.3. The van der Waals surface area contributed by atoms with Crippen molar-refractivity contribution in [1.29, 1.82) is 0 Å². The molecule has 4 rings (SSSR count). The largest absolute Gasteiger partial charge is 0.497 e. The summed E-state index contributed by atoms with van der Waals surface area (Å²) in [5.41, 5.74) is 0.951. The Morgan fingerprint density at radius 1 is 0.952 bits per heavy atom. The van der Waals surface area contributed by atoms with E-state index in [9.17, 15) is 18.0 Å². The summed E-state index contributed by atoms with van der Waals surface area (Å²) < 4.78 is 39.4. The third-order valence-corrected chi connectivity index (χ3v) is 9.40. The molecule has 0 aliphatic heterocycles. The smallest absolute Gasteiger partial charge is 0.264 e. The molecule has 1 atom stereocenters. The second kappa shape index (κ2) is 13.9. The van der Waals surface area contributed by atoms with Gasteiger partial charge in [0, 0.05) is 17.6 Å². The molecular weight excluding hydrogens is 578 g/mol. The maximum Gasteiger partial charge on any atom is 0.264 e. The van der Waals surface area contributed by atoms with Gasteiger partial charge in [0.15, 0.2) is 0 Å². The van der Waals surface area contributed by atoms with Crippen LogP contribution in [0.15, 0.2) is 77.7 Å². The Labute approximate surface area is 252 Å². The zero-order chi connectivity index (χ0) is 30.3. The number of rotatable bonds is 12. The molecule has 1 N–H and O–H groups in total. The number of halogens is 1. The molecule has 0 aromatic heterocycles. The van der Waals surface area contributed by atoms with Crippen LogP contribution < -0.4 is 19.1 Å². The molecule has 224 valence electrons. The van der Waals surface area contributed by atoms with Gasteiger partial charge in [0.25, 0.3) is 10.0 Å². The first kappa shape index (κ1) is 31.2. The summed E-state index contributed by atoms with van der Waals surface area (Å²) in [6.45, 7) is 1.17. The van der Waals surface area contributed by atoms with Gasteiger partial charge in [-0.1, -0.05) is 42.6 Å². The van der Waals surface area contributed by atoms with E-state index >= 15 is 0 Å². The number of anilines is 1. The zero-order valence-electron chi connectivity index (χ0n) is 24.0. The highest BCUT2D eigenvalue weighted by molar-refractivity contribution is 7.92. The molecule has 3 aromatic rings. The molecule has 0 saturated heterocycles. The first-order valence-corrected chi connectivity index (χ1v) is 15.6. The minimum absolute atomic E-state index is 0.0255. The van der Waals surface area contributed by atoms with Crippen LogP contribution in [-0.2, 0) is 26.2 Å². The van der Waals surface area contributed by atoms with E-state index < -0.39 is 28.5 Å². The van der Waals surface area contributed by atoms with Crippen molar-refractivity contribution in [2.24, 2.45) is 0 Å². The summed E-state index contributed by atoms with van der Waals surface area (Å²) in [5.74, 6) is 0.255. The number of carbonyl (C=O) groups excluding carboxylic acids is 2. The van der Waals surface area contributed by atoms with Gasteiger partial charge in [-0.25, -0.2) is 8.42 Å². The van der Waals surface area contributed by atoms with Crippen LogP contribution in [0.2, 0.25) is 5.02 Å². The average molecular weight is 614 g/mol. The van der Waals surface area contributed by atoms with Crippen LogP contribution in [0.3, 0.4) is 0 Å². The number of amides is 2. The van der Waals surface area contributed by atoms with E-state index in [1.54, 1.807) is 50.4 Å². The third-order valence-electron chi connectivity index (χ3n) is 7.38. The summed E-state index contributed by atoms with van der Waals surface area (Å²) in [7, 11) is -1.19. The number of hydrogen-bond acceptors (Lipinski definition) is 6. The van der Waals surface area contributed by atoms with Crippen LogP contribution in [-0.4, -0.2) is 58.0 Å². The minimum Gasteiger partial charge on any atom is -0.497 e. The standard InChI is InChI=1S/C31H36ClN3O6S/c1-22(31(37)33-25-10-4-5-11-25)34(20-23-8-6-13-28(18-23)41-3)30(36)21-35(26-12-7-9-24(32)19-26)42(38,39)29-16-14-27(40-2)15-17-29/h6-9,12-19,22,25H,4-5,10-11,20-21H2,1-3H3,(H,33,37)/t22-/m1/s1. The number of ether oxygens (including phenoxy) is 2. The normalized spacial score (nSPS) is 14.2. The van der Waals surface area contributed by atoms with E-state index in [2.05, 4.69) is 5.32 Å². The topological polar surface area (TPSA) is 105 Å². The Morgan fingerprint density at radius 3 is 2.26 bits per heavy atom. The van der Waals surface area contributed by atoms with Crippen molar-refractivity contribution in [3.8, 4) is 11.5 Å². The molecule has 2 amide bonds. The molecule has 3 aromatic carbocycles. The van der Waals surface area contributed by atoms with Gasteiger partial charge >= 0.3 is 0 Å². The molecule has 1 aliphatic carbocycles. The van der Waals surface area contributed by atoms with Crippen molar-refractivity contribution < 1.29 is 27.5 Å². The van der Waals surface area contributed by atoms with E-state index in [0.717, 1.165) is 35.6 Å². The molecule has 0 bridgehead atoms. The van der Waals surface area contributed by atoms with Crippen molar-refractivity contribution in [2.75, 3.05) is 25.1 Å². The van der Waals surface area contributed by atoms with E-state index in [-0.39, 0.29) is 29.1 Å². The van der Waals surface area contributed by atoms with Gasteiger partial charge in [-0.15, -0.1) is 0 Å². The van der Waals surface area contributed by atoms with E-state index in [1.165, 1.54) is 42.3 Å². The van der Waals surface area contributed by atoms with Crippen LogP contribution in [0.5, 0.6) is 11.5 Å². The highest BCUT2D eigenvalue weighted by atomic mass is 35.5. The van der Waals surface area contributed by atoms with Crippen molar-refractivity contribution in [2.45, 2.75) is 56.1 Å². The van der Waals surface area contributed by atoms with Crippen molar-refractivity contribution in [3.63, 3.8) is 0 Å². The Hall–Kier alpha value is -3.76. The lowest BCUT2D eigenvalue weighted by Crippen LogP contribution is -2.52. The maximum atomic E-state index is 14.1. The third kappa shape index (κ3) is 7.54. The number of nitrogens with one attached hydrogen (secondary N) is 1. The molecule has 0 radical (unpaired) electrons. The van der Waals surface area contributed by atoms with Gasteiger partial charge < -0.3 is 19.7 Å². The Morgan fingerprint density at radius 2 is 1.62 bits per heavy atom. The summed E-state index contributed by atoms with van der Waals surface area (Å²) in [6.07, 6.45) is 3.88. The molecule has 42 heavy (non-hydrogen) atoms. The van der Waals surface area contributed by atoms with Crippen molar-refractivity contribution in [1.82, 2.24) is 10.2 Å². The Balaban J connectivity index is 1.69. The van der Waals surface area contributed by atoms with Gasteiger partial charge in [0.2, 0.25) is 11.8 Å². The number of nitrogens with zero attached hydrogens (tertiary/aromatic N) is 2. The Bertz CT molecular complexity index is 1490. The number of methoxy groups -OCH3 is 2. The fourth-order valence-corrected chi connectivity index (χ4v) is 6.57. The number of sulfonamides is 1. The molecule has 1 saturated carbocycles. The van der Waals surface area contributed by atoms with Crippen LogP contribution in [0.4, 0.5) is 5.69 Å². The fraction of sp³-hybridized carbons (Fsp3) is 0.355. The predicted molar refractivity (Wildman–Crippen MR) is 162 cm³/mol. The first-order valence-electron chi connectivity index (χ1n) is 13.8. The summed E-state index contributed by atoms with van der Waals surface area (Å²) in [4.78, 5) is 28.8. The second-order valence-electron chi connectivity index (χ2n) is 10.2. The quantitative estimate of drug-likeness (QED) is 0.307. The first-order chi connectivity index (χ1) is 20.1. The molecule has 0 heterocycles. The number of carbonyl (C=O) groups is 2. The van der Waals surface area contributed by atoms with Crippen molar-refractivity contribution in [3.05, 3.63) is 83.4 Å². The molecule has 0 spiro atoms. The number of hydrogen-bond donors (Lipinski definition) is 1. The van der Waals surface area contributed by atoms with Crippen molar-refractivity contribution >= 4 is 39.1 Å². The highest BCUT2D eigenvalue weighted by Crippen LogP contribution is 2.28. The SMILES string of the molecule is COc1ccc(S(=O)(=O)N(CC(=O)N(Cc2cccc(OC)c2)[C@H](C)C(=O)NC2CCCC2)c2cccc(Cl)c2)cc1.